The standard InChI is InChI=1S/C14H24N4O2S/c1-4-6-15-14-16-9-13(10-17-14)21(19,20)18-7-5-11(2)8-12(18)3/h9-12H,4-8H2,1-3H3,(H,15,16,17). The second-order valence-corrected chi connectivity index (χ2v) is 7.65. The summed E-state index contributed by atoms with van der Waals surface area (Å²) in [6, 6.07) is 0.0247. The van der Waals surface area contributed by atoms with E-state index in [1.54, 1.807) is 4.31 Å². The number of hydrogen-bond acceptors (Lipinski definition) is 5. The number of sulfonamides is 1. The first-order valence-electron chi connectivity index (χ1n) is 7.53. The van der Waals surface area contributed by atoms with E-state index >= 15 is 0 Å². The summed E-state index contributed by atoms with van der Waals surface area (Å²) in [5.74, 6) is 1.04. The minimum Gasteiger partial charge on any atom is -0.354 e. The van der Waals surface area contributed by atoms with Crippen LogP contribution in [0, 0.1) is 5.92 Å². The van der Waals surface area contributed by atoms with Gasteiger partial charge in [0.2, 0.25) is 16.0 Å². The molecule has 2 unspecified atom stereocenters. The quantitative estimate of drug-likeness (QED) is 0.901. The molecule has 0 radical (unpaired) electrons. The van der Waals surface area contributed by atoms with Crippen molar-refractivity contribution in [2.75, 3.05) is 18.4 Å². The fourth-order valence-electron chi connectivity index (χ4n) is 2.66. The summed E-state index contributed by atoms with van der Waals surface area (Å²) < 4.78 is 26.9. The highest BCUT2D eigenvalue weighted by molar-refractivity contribution is 7.89. The van der Waals surface area contributed by atoms with E-state index in [2.05, 4.69) is 22.2 Å². The third-order valence-electron chi connectivity index (χ3n) is 3.85. The fourth-order valence-corrected chi connectivity index (χ4v) is 4.20. The molecule has 7 heteroatoms. The Bertz CT molecular complexity index is 559. The average molecular weight is 312 g/mol. The van der Waals surface area contributed by atoms with Crippen LogP contribution in [-0.2, 0) is 10.0 Å². The molecule has 2 atom stereocenters. The fraction of sp³-hybridized carbons (Fsp3) is 0.714. The average Bonchev–Trinajstić information content (AvgIpc) is 2.45. The highest BCUT2D eigenvalue weighted by atomic mass is 32.2. The van der Waals surface area contributed by atoms with Gasteiger partial charge in [0.15, 0.2) is 0 Å². The minimum atomic E-state index is -3.49. The summed E-state index contributed by atoms with van der Waals surface area (Å²) >= 11 is 0. The van der Waals surface area contributed by atoms with Crippen LogP contribution in [0.25, 0.3) is 0 Å². The van der Waals surface area contributed by atoms with Gasteiger partial charge in [-0.2, -0.15) is 4.31 Å². The number of aromatic nitrogens is 2. The summed E-state index contributed by atoms with van der Waals surface area (Å²) in [5, 5.41) is 3.04. The number of rotatable bonds is 5. The number of anilines is 1. The number of piperidine rings is 1. The summed E-state index contributed by atoms with van der Waals surface area (Å²) in [6.45, 7) is 7.52. The van der Waals surface area contributed by atoms with Crippen LogP contribution in [0.4, 0.5) is 5.95 Å². The maximum absolute atomic E-state index is 12.7. The van der Waals surface area contributed by atoms with Gasteiger partial charge < -0.3 is 5.32 Å². The molecule has 0 spiro atoms. The van der Waals surface area contributed by atoms with Gasteiger partial charge in [0.05, 0.1) is 12.4 Å². The summed E-state index contributed by atoms with van der Waals surface area (Å²) in [6.07, 6.45) is 5.56. The Kier molecular flexibility index (Phi) is 5.16. The highest BCUT2D eigenvalue weighted by Crippen LogP contribution is 2.27. The minimum absolute atomic E-state index is 0.0247. The summed E-state index contributed by atoms with van der Waals surface area (Å²) in [7, 11) is -3.49. The first-order chi connectivity index (χ1) is 9.95. The van der Waals surface area contributed by atoms with Gasteiger partial charge in [-0.1, -0.05) is 13.8 Å². The molecule has 0 saturated carbocycles. The van der Waals surface area contributed by atoms with Crippen molar-refractivity contribution in [1.82, 2.24) is 14.3 Å². The van der Waals surface area contributed by atoms with E-state index in [1.807, 2.05) is 13.8 Å². The monoisotopic (exact) mass is 312 g/mol. The van der Waals surface area contributed by atoms with Crippen LogP contribution in [0.5, 0.6) is 0 Å². The van der Waals surface area contributed by atoms with Gasteiger partial charge in [0.25, 0.3) is 0 Å². The molecule has 1 N–H and O–H groups in total. The predicted molar refractivity (Wildman–Crippen MR) is 82.6 cm³/mol. The molecule has 0 amide bonds. The molecule has 21 heavy (non-hydrogen) atoms. The molecule has 1 saturated heterocycles. The van der Waals surface area contributed by atoms with Crippen molar-refractivity contribution >= 4 is 16.0 Å². The molecule has 1 aromatic rings. The summed E-state index contributed by atoms with van der Waals surface area (Å²) in [5.41, 5.74) is 0. The van der Waals surface area contributed by atoms with Gasteiger partial charge in [0, 0.05) is 19.1 Å². The Hall–Kier alpha value is -1.21. The molecule has 2 heterocycles. The van der Waals surface area contributed by atoms with Gasteiger partial charge in [-0.05, 0) is 32.1 Å². The van der Waals surface area contributed by atoms with Crippen LogP contribution >= 0.6 is 0 Å². The van der Waals surface area contributed by atoms with Gasteiger partial charge in [0.1, 0.15) is 4.90 Å². The molecular formula is C14H24N4O2S. The third-order valence-corrected chi connectivity index (χ3v) is 5.81. The lowest BCUT2D eigenvalue weighted by Gasteiger charge is -2.35. The number of nitrogens with one attached hydrogen (secondary N) is 1. The van der Waals surface area contributed by atoms with Crippen LogP contribution < -0.4 is 5.32 Å². The van der Waals surface area contributed by atoms with E-state index < -0.39 is 10.0 Å². The zero-order valence-electron chi connectivity index (χ0n) is 12.9. The van der Waals surface area contributed by atoms with E-state index in [0.29, 0.717) is 18.4 Å². The smallest absolute Gasteiger partial charge is 0.246 e. The first kappa shape index (κ1) is 16.2. The Morgan fingerprint density at radius 2 is 2.00 bits per heavy atom. The maximum atomic E-state index is 12.7. The van der Waals surface area contributed by atoms with Crippen molar-refractivity contribution in [1.29, 1.82) is 0 Å². The zero-order chi connectivity index (χ0) is 15.5. The third kappa shape index (κ3) is 3.71. The molecule has 1 aliphatic heterocycles. The van der Waals surface area contributed by atoms with Crippen LogP contribution in [0.2, 0.25) is 0 Å². The lowest BCUT2D eigenvalue weighted by Crippen LogP contribution is -2.44. The Balaban J connectivity index is 2.15. The molecular weight excluding hydrogens is 288 g/mol. The van der Waals surface area contributed by atoms with Crippen LogP contribution in [0.1, 0.15) is 40.0 Å². The Morgan fingerprint density at radius 1 is 1.33 bits per heavy atom. The summed E-state index contributed by atoms with van der Waals surface area (Å²) in [4.78, 5) is 8.35. The second kappa shape index (κ2) is 6.70. The van der Waals surface area contributed by atoms with Crippen molar-refractivity contribution in [3.63, 3.8) is 0 Å². The van der Waals surface area contributed by atoms with Crippen molar-refractivity contribution < 1.29 is 8.42 Å². The second-order valence-electron chi connectivity index (χ2n) is 5.76. The number of nitrogens with zero attached hydrogens (tertiary/aromatic N) is 3. The van der Waals surface area contributed by atoms with E-state index in [-0.39, 0.29) is 10.9 Å². The molecule has 0 bridgehead atoms. The molecule has 0 aromatic carbocycles. The van der Waals surface area contributed by atoms with Gasteiger partial charge in [-0.15, -0.1) is 0 Å². The van der Waals surface area contributed by atoms with Crippen LogP contribution in [0.15, 0.2) is 17.3 Å². The highest BCUT2D eigenvalue weighted by Gasteiger charge is 2.33. The van der Waals surface area contributed by atoms with Crippen molar-refractivity contribution in [2.24, 2.45) is 5.92 Å². The Morgan fingerprint density at radius 3 is 2.57 bits per heavy atom. The maximum Gasteiger partial charge on any atom is 0.246 e. The van der Waals surface area contributed by atoms with E-state index in [0.717, 1.165) is 25.8 Å². The molecule has 1 aliphatic rings. The predicted octanol–water partition coefficient (Wildman–Crippen LogP) is 2.11. The van der Waals surface area contributed by atoms with Crippen molar-refractivity contribution in [3.8, 4) is 0 Å². The van der Waals surface area contributed by atoms with E-state index in [1.165, 1.54) is 12.4 Å². The zero-order valence-corrected chi connectivity index (χ0v) is 13.7. The van der Waals surface area contributed by atoms with Crippen LogP contribution in [-0.4, -0.2) is 41.8 Å². The molecule has 6 nitrogen and oxygen atoms in total. The van der Waals surface area contributed by atoms with Gasteiger partial charge in [-0.3, -0.25) is 0 Å². The SMILES string of the molecule is CCCNc1ncc(S(=O)(=O)N2CCC(C)CC2C)cn1. The lowest BCUT2D eigenvalue weighted by molar-refractivity contribution is 0.220. The topological polar surface area (TPSA) is 75.2 Å². The molecule has 0 aliphatic carbocycles. The normalized spacial score (nSPS) is 24.0. The number of hydrogen-bond donors (Lipinski definition) is 1. The van der Waals surface area contributed by atoms with Crippen molar-refractivity contribution in [2.45, 2.75) is 51.0 Å². The Labute approximate surface area is 127 Å². The molecule has 1 fully saturated rings. The van der Waals surface area contributed by atoms with E-state index in [9.17, 15) is 8.42 Å². The first-order valence-corrected chi connectivity index (χ1v) is 8.97. The molecule has 2 rings (SSSR count). The van der Waals surface area contributed by atoms with Gasteiger partial charge in [-0.25, -0.2) is 18.4 Å². The largest absolute Gasteiger partial charge is 0.354 e. The van der Waals surface area contributed by atoms with E-state index in [4.69, 9.17) is 0 Å². The lowest BCUT2D eigenvalue weighted by atomic mass is 9.95. The van der Waals surface area contributed by atoms with Crippen molar-refractivity contribution in [3.05, 3.63) is 12.4 Å². The molecule has 118 valence electrons. The van der Waals surface area contributed by atoms with Gasteiger partial charge >= 0.3 is 0 Å². The van der Waals surface area contributed by atoms with Crippen LogP contribution in [0.3, 0.4) is 0 Å². The molecule has 1 aromatic heterocycles.